The maximum absolute atomic E-state index is 13.0. The van der Waals surface area contributed by atoms with Crippen molar-refractivity contribution in [1.29, 1.82) is 0 Å². The Morgan fingerprint density at radius 2 is 1.94 bits per heavy atom. The summed E-state index contributed by atoms with van der Waals surface area (Å²) in [6, 6.07) is 8.66. The van der Waals surface area contributed by atoms with Gasteiger partial charge in [-0.25, -0.2) is 0 Å². The van der Waals surface area contributed by atoms with E-state index in [-0.39, 0.29) is 21.9 Å². The first-order valence-corrected chi connectivity index (χ1v) is 12.1. The molecular formula is C26H29NO3S. The van der Waals surface area contributed by atoms with Crippen molar-refractivity contribution in [2.45, 2.75) is 80.5 Å². The molecule has 1 N–H and O–H groups in total. The van der Waals surface area contributed by atoms with Gasteiger partial charge in [0.05, 0.1) is 0 Å². The Morgan fingerprint density at radius 3 is 2.77 bits per heavy atom. The highest BCUT2D eigenvalue weighted by atomic mass is 32.1. The third-order valence-corrected chi connectivity index (χ3v) is 10.5. The third-order valence-electron chi connectivity index (χ3n) is 9.45. The number of hydrogen-bond donors (Lipinski definition) is 2. The second-order valence-corrected chi connectivity index (χ2v) is 11.9. The van der Waals surface area contributed by atoms with Gasteiger partial charge < -0.3 is 14.5 Å². The molecule has 0 radical (unpaired) electrons. The van der Waals surface area contributed by atoms with Crippen LogP contribution in [-0.2, 0) is 26.1 Å². The number of carbonyl (C=O) groups excluding carboxylic acids is 1. The van der Waals surface area contributed by atoms with E-state index in [1.54, 1.807) is 0 Å². The number of fused-ring (bicyclic) bond motifs is 9. The fourth-order valence-electron chi connectivity index (χ4n) is 7.96. The van der Waals surface area contributed by atoms with E-state index in [1.807, 2.05) is 19.9 Å². The smallest absolute Gasteiger partial charge is 0.193 e. The fourth-order valence-corrected chi connectivity index (χ4v) is 8.64. The van der Waals surface area contributed by atoms with Gasteiger partial charge in [-0.2, -0.15) is 12.6 Å². The van der Waals surface area contributed by atoms with Crippen molar-refractivity contribution in [1.82, 2.24) is 4.98 Å². The standard InChI is InChI=1S/C26H29NO3S/c1-23(2)22-20(28)13-18-17-9-8-14-12-16-15-6-4-5-7-19(15)27-21(16)24(14,3)25(17,31)10-11-26(18,29-22)30-23/h4-7,13-14,17,22,27,31H,8-12H2,1-3H3/t14?,17?,22?,24-,25?,26?/m1/s1. The maximum Gasteiger partial charge on any atom is 0.193 e. The number of hydrogen-bond acceptors (Lipinski definition) is 4. The molecule has 3 heterocycles. The van der Waals surface area contributed by atoms with E-state index in [4.69, 9.17) is 22.1 Å². The van der Waals surface area contributed by atoms with E-state index in [1.165, 1.54) is 22.2 Å². The molecular weight excluding hydrogens is 406 g/mol. The molecule has 1 saturated heterocycles. The van der Waals surface area contributed by atoms with E-state index in [0.29, 0.717) is 5.92 Å². The minimum Gasteiger partial charge on any atom is -0.358 e. The van der Waals surface area contributed by atoms with Crippen molar-refractivity contribution in [3.05, 3.63) is 47.2 Å². The summed E-state index contributed by atoms with van der Waals surface area (Å²) in [5.74, 6) is 0.0395. The number of ketones is 1. The Labute approximate surface area is 188 Å². The van der Waals surface area contributed by atoms with Gasteiger partial charge in [0, 0.05) is 39.1 Å². The van der Waals surface area contributed by atoms with Crippen molar-refractivity contribution < 1.29 is 14.3 Å². The van der Waals surface area contributed by atoms with Gasteiger partial charge in [0.15, 0.2) is 17.7 Å². The molecule has 31 heavy (non-hydrogen) atoms. The fraction of sp³-hybridized carbons (Fsp3) is 0.577. The van der Waals surface area contributed by atoms with Gasteiger partial charge in [0.25, 0.3) is 0 Å². The van der Waals surface area contributed by atoms with Crippen LogP contribution in [-0.4, -0.2) is 33.0 Å². The van der Waals surface area contributed by atoms with E-state index in [0.717, 1.165) is 37.7 Å². The summed E-state index contributed by atoms with van der Waals surface area (Å²) in [5, 5.41) is 1.35. The number of benzene rings is 1. The van der Waals surface area contributed by atoms with Crippen LogP contribution in [0.15, 0.2) is 35.9 Å². The van der Waals surface area contributed by atoms with E-state index in [9.17, 15) is 4.79 Å². The van der Waals surface area contributed by atoms with Crippen molar-refractivity contribution >= 4 is 29.3 Å². The molecule has 2 saturated carbocycles. The number of ether oxygens (including phenoxy) is 2. The summed E-state index contributed by atoms with van der Waals surface area (Å²) in [6.45, 7) is 6.38. The molecule has 1 aromatic heterocycles. The summed E-state index contributed by atoms with van der Waals surface area (Å²) in [7, 11) is 0. The summed E-state index contributed by atoms with van der Waals surface area (Å²) >= 11 is 5.54. The van der Waals surface area contributed by atoms with Gasteiger partial charge in [-0.15, -0.1) is 0 Å². The molecule has 1 spiro atoms. The zero-order chi connectivity index (χ0) is 21.4. The van der Waals surface area contributed by atoms with Gasteiger partial charge in [0.2, 0.25) is 0 Å². The monoisotopic (exact) mass is 435 g/mol. The van der Waals surface area contributed by atoms with E-state index in [2.05, 4.69) is 36.2 Å². The van der Waals surface area contributed by atoms with Crippen LogP contribution in [0.4, 0.5) is 0 Å². The van der Waals surface area contributed by atoms with Crippen LogP contribution in [0, 0.1) is 11.8 Å². The number of rotatable bonds is 0. The Balaban J connectivity index is 1.39. The normalized spacial score (nSPS) is 44.5. The van der Waals surface area contributed by atoms with Crippen LogP contribution in [0.5, 0.6) is 0 Å². The van der Waals surface area contributed by atoms with Crippen molar-refractivity contribution in [2.24, 2.45) is 11.8 Å². The molecule has 4 nitrogen and oxygen atoms in total. The summed E-state index contributed by atoms with van der Waals surface area (Å²) < 4.78 is 12.7. The average Bonchev–Trinajstić information content (AvgIpc) is 3.31. The number of thiol groups is 1. The van der Waals surface area contributed by atoms with E-state index < -0.39 is 17.5 Å². The van der Waals surface area contributed by atoms with Crippen LogP contribution >= 0.6 is 12.6 Å². The summed E-state index contributed by atoms with van der Waals surface area (Å²) in [6.07, 6.45) is 6.32. The lowest BCUT2D eigenvalue weighted by molar-refractivity contribution is -0.188. The number of carbonyl (C=O) groups is 1. The second-order valence-electron chi connectivity index (χ2n) is 11.1. The molecule has 6 atom stereocenters. The Hall–Kier alpha value is -1.56. The largest absolute Gasteiger partial charge is 0.358 e. The lowest BCUT2D eigenvalue weighted by Crippen LogP contribution is -2.63. The molecule has 5 heteroatoms. The molecule has 1 aromatic carbocycles. The zero-order valence-corrected chi connectivity index (χ0v) is 19.2. The lowest BCUT2D eigenvalue weighted by atomic mass is 9.51. The Kier molecular flexibility index (Phi) is 3.36. The second kappa shape index (κ2) is 5.49. The molecule has 2 bridgehead atoms. The van der Waals surface area contributed by atoms with Crippen LogP contribution in [0.25, 0.3) is 10.9 Å². The van der Waals surface area contributed by atoms with Gasteiger partial charge in [-0.1, -0.05) is 25.1 Å². The maximum atomic E-state index is 13.0. The molecule has 0 amide bonds. The summed E-state index contributed by atoms with van der Waals surface area (Å²) in [5.41, 5.74) is 4.43. The molecule has 2 aliphatic heterocycles. The SMILES string of the molecule is CC1(C)OC23CCC4(S)C(CCC5Cc6c([nH]c7ccccc67)[C@@]54C)C2=CC(=O)C1O3. The first-order valence-electron chi connectivity index (χ1n) is 11.7. The van der Waals surface area contributed by atoms with Gasteiger partial charge >= 0.3 is 0 Å². The highest BCUT2D eigenvalue weighted by Crippen LogP contribution is 2.68. The van der Waals surface area contributed by atoms with Crippen LogP contribution in [0.2, 0.25) is 0 Å². The molecule has 7 rings (SSSR count). The number of H-pyrrole nitrogens is 1. The Bertz CT molecular complexity index is 1200. The predicted molar refractivity (Wildman–Crippen MR) is 122 cm³/mol. The molecule has 3 aliphatic carbocycles. The highest BCUT2D eigenvalue weighted by Gasteiger charge is 2.70. The van der Waals surface area contributed by atoms with Crippen LogP contribution in [0.3, 0.4) is 0 Å². The minimum atomic E-state index is -0.746. The van der Waals surface area contributed by atoms with Crippen molar-refractivity contribution in [3.63, 3.8) is 0 Å². The predicted octanol–water partition coefficient (Wildman–Crippen LogP) is 4.87. The first kappa shape index (κ1) is 19.0. The van der Waals surface area contributed by atoms with E-state index >= 15 is 0 Å². The lowest BCUT2D eigenvalue weighted by Gasteiger charge is -2.60. The van der Waals surface area contributed by atoms with Gasteiger partial charge in [-0.3, -0.25) is 4.79 Å². The quantitative estimate of drug-likeness (QED) is 0.581. The molecule has 3 fully saturated rings. The zero-order valence-electron chi connectivity index (χ0n) is 18.3. The number of nitrogens with one attached hydrogen (secondary N) is 1. The Morgan fingerprint density at radius 1 is 1.13 bits per heavy atom. The topological polar surface area (TPSA) is 51.3 Å². The molecule has 162 valence electrons. The third kappa shape index (κ3) is 2.01. The highest BCUT2D eigenvalue weighted by molar-refractivity contribution is 7.82. The van der Waals surface area contributed by atoms with Crippen LogP contribution in [0.1, 0.15) is 57.7 Å². The minimum absolute atomic E-state index is 0.0516. The van der Waals surface area contributed by atoms with Gasteiger partial charge in [-0.05, 0) is 68.7 Å². The molecule has 5 aliphatic rings. The van der Waals surface area contributed by atoms with Gasteiger partial charge in [0.1, 0.15) is 5.60 Å². The van der Waals surface area contributed by atoms with Crippen LogP contribution < -0.4 is 0 Å². The average molecular weight is 436 g/mol. The number of aromatic nitrogens is 1. The van der Waals surface area contributed by atoms with Crippen molar-refractivity contribution in [3.8, 4) is 0 Å². The molecule has 5 unspecified atom stereocenters. The molecule has 2 aromatic rings. The summed E-state index contributed by atoms with van der Waals surface area (Å²) in [4.78, 5) is 16.8. The number of para-hydroxylation sites is 1. The number of aromatic amines is 1. The van der Waals surface area contributed by atoms with Crippen molar-refractivity contribution in [2.75, 3.05) is 0 Å². The first-order chi connectivity index (χ1) is 14.7.